The van der Waals surface area contributed by atoms with Crippen molar-refractivity contribution in [2.75, 3.05) is 13.2 Å². The maximum atomic E-state index is 12.0. The van der Waals surface area contributed by atoms with E-state index in [0.717, 1.165) is 32.1 Å². The van der Waals surface area contributed by atoms with Gasteiger partial charge >= 0.3 is 17.9 Å². The Morgan fingerprint density at radius 2 is 1.13 bits per heavy atom. The van der Waals surface area contributed by atoms with Crippen molar-refractivity contribution in [3.05, 3.63) is 12.2 Å². The summed E-state index contributed by atoms with van der Waals surface area (Å²) in [5.41, 5.74) is 0. The van der Waals surface area contributed by atoms with Crippen molar-refractivity contribution in [3.8, 4) is 0 Å². The van der Waals surface area contributed by atoms with Crippen LogP contribution in [-0.4, -0.2) is 37.2 Å². The van der Waals surface area contributed by atoms with Crippen molar-refractivity contribution in [1.82, 2.24) is 0 Å². The van der Waals surface area contributed by atoms with Gasteiger partial charge in [0.05, 0.1) is 0 Å². The zero-order chi connectivity index (χ0) is 23.2. The molecule has 0 unspecified atom stereocenters. The van der Waals surface area contributed by atoms with Gasteiger partial charge < -0.3 is 14.2 Å². The van der Waals surface area contributed by atoms with Crippen molar-refractivity contribution in [2.45, 2.75) is 117 Å². The third-order valence-corrected chi connectivity index (χ3v) is 4.89. The predicted molar refractivity (Wildman–Crippen MR) is 123 cm³/mol. The molecule has 0 atom stereocenters. The number of carbonyl (C=O) groups is 3. The van der Waals surface area contributed by atoms with E-state index in [1.165, 1.54) is 65.2 Å². The first-order chi connectivity index (χ1) is 15.0. The standard InChI is InChI=1S/C25H44O6/c1-4-5-6-7-8-9-10-11-12-13-14-15-16-17-18-19-25(28)31-24(20-29-22(2)26)21-30-23(3)27/h13-14,24H,4-12,15-21H2,1-3H3/b14-13-. The highest BCUT2D eigenvalue weighted by molar-refractivity contribution is 5.70. The summed E-state index contributed by atoms with van der Waals surface area (Å²) < 4.78 is 15.0. The summed E-state index contributed by atoms with van der Waals surface area (Å²) in [5, 5.41) is 0. The van der Waals surface area contributed by atoms with Gasteiger partial charge in [0.15, 0.2) is 6.10 Å². The molecular weight excluding hydrogens is 396 g/mol. The quantitative estimate of drug-likeness (QED) is 0.0990. The van der Waals surface area contributed by atoms with Crippen LogP contribution < -0.4 is 0 Å². The molecule has 31 heavy (non-hydrogen) atoms. The largest absolute Gasteiger partial charge is 0.462 e. The maximum Gasteiger partial charge on any atom is 0.306 e. The molecule has 0 fully saturated rings. The minimum atomic E-state index is -0.764. The van der Waals surface area contributed by atoms with Crippen molar-refractivity contribution < 1.29 is 28.6 Å². The molecule has 0 N–H and O–H groups in total. The van der Waals surface area contributed by atoms with E-state index in [0.29, 0.717) is 6.42 Å². The fourth-order valence-corrected chi connectivity index (χ4v) is 3.12. The maximum absolute atomic E-state index is 12.0. The first kappa shape index (κ1) is 29.1. The number of esters is 3. The van der Waals surface area contributed by atoms with Crippen molar-refractivity contribution in [1.29, 1.82) is 0 Å². The normalized spacial score (nSPS) is 11.1. The molecule has 0 amide bonds. The Morgan fingerprint density at radius 3 is 1.61 bits per heavy atom. The summed E-state index contributed by atoms with van der Waals surface area (Å²) in [7, 11) is 0. The van der Waals surface area contributed by atoms with E-state index in [-0.39, 0.29) is 19.2 Å². The lowest BCUT2D eigenvalue weighted by Crippen LogP contribution is -2.30. The van der Waals surface area contributed by atoms with Crippen LogP contribution in [0.5, 0.6) is 0 Å². The average molecular weight is 441 g/mol. The Kier molecular flexibility index (Phi) is 20.1. The minimum absolute atomic E-state index is 0.113. The highest BCUT2D eigenvalue weighted by Gasteiger charge is 2.17. The predicted octanol–water partition coefficient (Wildman–Crippen LogP) is 6.06. The van der Waals surface area contributed by atoms with Gasteiger partial charge in [0, 0.05) is 20.3 Å². The molecule has 0 aromatic carbocycles. The number of rotatable bonds is 20. The van der Waals surface area contributed by atoms with Gasteiger partial charge in [0.25, 0.3) is 0 Å². The second-order valence-corrected chi connectivity index (χ2v) is 8.05. The molecule has 0 aliphatic rings. The molecule has 0 saturated heterocycles. The number of allylic oxidation sites excluding steroid dienone is 2. The molecule has 0 aliphatic heterocycles. The second kappa shape index (κ2) is 21.4. The number of hydrogen-bond donors (Lipinski definition) is 0. The highest BCUT2D eigenvalue weighted by atomic mass is 16.6. The third kappa shape index (κ3) is 22.7. The van der Waals surface area contributed by atoms with Gasteiger partial charge in [-0.2, -0.15) is 0 Å². The zero-order valence-electron chi connectivity index (χ0n) is 20.0. The summed E-state index contributed by atoms with van der Waals surface area (Å²) in [6.07, 6.45) is 19.8. The summed E-state index contributed by atoms with van der Waals surface area (Å²) in [6.45, 7) is 4.57. The van der Waals surface area contributed by atoms with E-state index in [9.17, 15) is 14.4 Å². The van der Waals surface area contributed by atoms with Crippen LogP contribution in [0.4, 0.5) is 0 Å². The number of carbonyl (C=O) groups excluding carboxylic acids is 3. The van der Waals surface area contributed by atoms with Crippen molar-refractivity contribution in [2.24, 2.45) is 0 Å². The lowest BCUT2D eigenvalue weighted by atomic mass is 10.1. The smallest absolute Gasteiger partial charge is 0.306 e. The van der Waals surface area contributed by atoms with Gasteiger partial charge in [-0.15, -0.1) is 0 Å². The molecule has 6 heteroatoms. The molecule has 0 radical (unpaired) electrons. The number of ether oxygens (including phenoxy) is 3. The SMILES string of the molecule is CCCCCCCCCC/C=C\CCCCCC(=O)OC(COC(C)=O)COC(C)=O. The molecule has 180 valence electrons. The first-order valence-electron chi connectivity index (χ1n) is 12.1. The highest BCUT2D eigenvalue weighted by Crippen LogP contribution is 2.11. The summed E-state index contributed by atoms with van der Waals surface area (Å²) in [5.74, 6) is -1.31. The average Bonchev–Trinajstić information content (AvgIpc) is 2.72. The lowest BCUT2D eigenvalue weighted by Gasteiger charge is -2.17. The molecule has 0 saturated carbocycles. The van der Waals surface area contributed by atoms with Gasteiger partial charge in [-0.1, -0.05) is 70.4 Å². The Labute approximate surface area is 189 Å². The minimum Gasteiger partial charge on any atom is -0.462 e. The van der Waals surface area contributed by atoms with Gasteiger partial charge in [-0.05, 0) is 32.1 Å². The van der Waals surface area contributed by atoms with Crippen LogP contribution in [-0.2, 0) is 28.6 Å². The van der Waals surface area contributed by atoms with E-state index in [1.807, 2.05) is 0 Å². The molecule has 0 bridgehead atoms. The summed E-state index contributed by atoms with van der Waals surface area (Å²) >= 11 is 0. The molecule has 0 spiro atoms. The fourth-order valence-electron chi connectivity index (χ4n) is 3.12. The van der Waals surface area contributed by atoms with Gasteiger partial charge in [-0.3, -0.25) is 14.4 Å². The van der Waals surface area contributed by atoms with Crippen LogP contribution in [0.1, 0.15) is 111 Å². The lowest BCUT2D eigenvalue weighted by molar-refractivity contribution is -0.165. The molecular formula is C25H44O6. The molecule has 0 aliphatic carbocycles. The van der Waals surface area contributed by atoms with Crippen LogP contribution in [0.25, 0.3) is 0 Å². The molecule has 0 heterocycles. The van der Waals surface area contributed by atoms with Crippen molar-refractivity contribution >= 4 is 17.9 Å². The van der Waals surface area contributed by atoms with Crippen LogP contribution in [0.2, 0.25) is 0 Å². The Balaban J connectivity index is 3.68. The molecule has 0 aromatic rings. The van der Waals surface area contributed by atoms with Crippen LogP contribution in [0.15, 0.2) is 12.2 Å². The van der Waals surface area contributed by atoms with Gasteiger partial charge in [-0.25, -0.2) is 0 Å². The molecule has 0 aromatic heterocycles. The van der Waals surface area contributed by atoms with Crippen LogP contribution >= 0.6 is 0 Å². The van der Waals surface area contributed by atoms with E-state index < -0.39 is 18.0 Å². The third-order valence-electron chi connectivity index (χ3n) is 4.89. The summed E-state index contributed by atoms with van der Waals surface area (Å²) in [6, 6.07) is 0. The van der Waals surface area contributed by atoms with Gasteiger partial charge in [0.2, 0.25) is 0 Å². The molecule has 6 nitrogen and oxygen atoms in total. The number of hydrogen-bond acceptors (Lipinski definition) is 6. The van der Waals surface area contributed by atoms with E-state index in [4.69, 9.17) is 14.2 Å². The first-order valence-corrected chi connectivity index (χ1v) is 12.1. The Morgan fingerprint density at radius 1 is 0.677 bits per heavy atom. The monoisotopic (exact) mass is 440 g/mol. The number of unbranched alkanes of at least 4 members (excludes halogenated alkanes) is 11. The van der Waals surface area contributed by atoms with Gasteiger partial charge in [0.1, 0.15) is 13.2 Å². The summed E-state index contributed by atoms with van der Waals surface area (Å²) in [4.78, 5) is 33.8. The Hall–Kier alpha value is -1.85. The molecule has 0 rings (SSSR count). The van der Waals surface area contributed by atoms with Crippen LogP contribution in [0.3, 0.4) is 0 Å². The zero-order valence-corrected chi connectivity index (χ0v) is 20.0. The fraction of sp³-hybridized carbons (Fsp3) is 0.800. The van der Waals surface area contributed by atoms with E-state index >= 15 is 0 Å². The van der Waals surface area contributed by atoms with Crippen LogP contribution in [0, 0.1) is 0 Å². The van der Waals surface area contributed by atoms with Crippen molar-refractivity contribution in [3.63, 3.8) is 0 Å². The van der Waals surface area contributed by atoms with E-state index in [2.05, 4.69) is 19.1 Å². The topological polar surface area (TPSA) is 78.9 Å². The Bertz CT molecular complexity index is 482. The van der Waals surface area contributed by atoms with E-state index in [1.54, 1.807) is 0 Å². The second-order valence-electron chi connectivity index (χ2n) is 8.05.